The van der Waals surface area contributed by atoms with Crippen LogP contribution < -0.4 is 9.64 Å². The fraction of sp³-hybridized carbons (Fsp3) is 0.471. The van der Waals surface area contributed by atoms with E-state index in [-0.39, 0.29) is 17.5 Å². The van der Waals surface area contributed by atoms with Gasteiger partial charge in [0.2, 0.25) is 0 Å². The Kier molecular flexibility index (Phi) is 5.24. The minimum atomic E-state index is -4.47. The standard InChI is InChI=1S/C17H19F3N4O3/c1-2-27-15-10-12(5-6-14(15)24(25)26)22-8-3-4-13(11-22)23-9-7-16(21-23)17(18,19)20/h5-7,9-10,13H,2-4,8,11H2,1H3. The monoisotopic (exact) mass is 384 g/mol. The molecule has 1 aliphatic heterocycles. The van der Waals surface area contributed by atoms with Gasteiger partial charge in [-0.05, 0) is 31.9 Å². The molecule has 1 saturated heterocycles. The van der Waals surface area contributed by atoms with Crippen molar-refractivity contribution in [3.63, 3.8) is 0 Å². The van der Waals surface area contributed by atoms with Crippen molar-refractivity contribution in [1.29, 1.82) is 0 Å². The second kappa shape index (κ2) is 7.45. The van der Waals surface area contributed by atoms with Gasteiger partial charge < -0.3 is 9.64 Å². The van der Waals surface area contributed by atoms with Gasteiger partial charge in [0.1, 0.15) is 0 Å². The van der Waals surface area contributed by atoms with Gasteiger partial charge in [-0.1, -0.05) is 0 Å². The molecular weight excluding hydrogens is 365 g/mol. The maximum absolute atomic E-state index is 12.8. The largest absolute Gasteiger partial charge is 0.487 e. The molecule has 2 aromatic rings. The third kappa shape index (κ3) is 4.15. The number of aromatic nitrogens is 2. The van der Waals surface area contributed by atoms with Crippen molar-refractivity contribution >= 4 is 11.4 Å². The molecule has 0 spiro atoms. The fourth-order valence-electron chi connectivity index (χ4n) is 3.22. The van der Waals surface area contributed by atoms with Gasteiger partial charge in [0.25, 0.3) is 0 Å². The number of benzene rings is 1. The predicted octanol–water partition coefficient (Wildman–Crippen LogP) is 4.05. The quantitative estimate of drug-likeness (QED) is 0.574. The zero-order valence-electron chi connectivity index (χ0n) is 14.6. The summed E-state index contributed by atoms with van der Waals surface area (Å²) in [7, 11) is 0. The summed E-state index contributed by atoms with van der Waals surface area (Å²) in [5.41, 5.74) is -0.290. The normalized spacial score (nSPS) is 17.8. The number of nitro groups is 1. The minimum Gasteiger partial charge on any atom is -0.487 e. The molecule has 1 fully saturated rings. The molecule has 0 amide bonds. The first-order valence-electron chi connectivity index (χ1n) is 8.58. The van der Waals surface area contributed by atoms with Crippen molar-refractivity contribution < 1.29 is 22.8 Å². The first kappa shape index (κ1) is 19.0. The molecule has 27 heavy (non-hydrogen) atoms. The molecule has 0 aliphatic carbocycles. The van der Waals surface area contributed by atoms with Gasteiger partial charge >= 0.3 is 11.9 Å². The molecule has 1 aromatic carbocycles. The molecule has 1 aliphatic rings. The highest BCUT2D eigenvalue weighted by Gasteiger charge is 2.34. The number of rotatable bonds is 5. The average molecular weight is 384 g/mol. The summed E-state index contributed by atoms with van der Waals surface area (Å²) >= 11 is 0. The first-order chi connectivity index (χ1) is 12.8. The second-order valence-electron chi connectivity index (χ2n) is 6.26. The number of halogens is 3. The molecule has 0 N–H and O–H groups in total. The molecule has 1 atom stereocenters. The van der Waals surface area contributed by atoms with Crippen LogP contribution in [0.5, 0.6) is 5.75 Å². The van der Waals surface area contributed by atoms with Crippen LogP contribution in [0.2, 0.25) is 0 Å². The van der Waals surface area contributed by atoms with Gasteiger partial charge in [-0.2, -0.15) is 18.3 Å². The zero-order chi connectivity index (χ0) is 19.6. The third-order valence-electron chi connectivity index (χ3n) is 4.47. The highest BCUT2D eigenvalue weighted by atomic mass is 19.4. The van der Waals surface area contributed by atoms with Crippen LogP contribution >= 0.6 is 0 Å². The highest BCUT2D eigenvalue weighted by Crippen LogP contribution is 2.34. The third-order valence-corrected chi connectivity index (χ3v) is 4.47. The summed E-state index contributed by atoms with van der Waals surface area (Å²) in [6, 6.07) is 5.39. The Morgan fingerprint density at radius 3 is 2.78 bits per heavy atom. The number of hydrogen-bond acceptors (Lipinski definition) is 5. The Bertz CT molecular complexity index is 822. The number of piperidine rings is 1. The second-order valence-corrected chi connectivity index (χ2v) is 6.26. The van der Waals surface area contributed by atoms with E-state index in [1.54, 1.807) is 19.1 Å². The van der Waals surface area contributed by atoms with E-state index in [2.05, 4.69) is 5.10 Å². The molecule has 1 aromatic heterocycles. The lowest BCUT2D eigenvalue weighted by Crippen LogP contribution is -2.37. The predicted molar refractivity (Wildman–Crippen MR) is 92.0 cm³/mol. The van der Waals surface area contributed by atoms with Crippen molar-refractivity contribution in [1.82, 2.24) is 9.78 Å². The minimum absolute atomic E-state index is 0.115. The number of nitrogens with zero attached hydrogens (tertiary/aromatic N) is 4. The van der Waals surface area contributed by atoms with E-state index >= 15 is 0 Å². The van der Waals surface area contributed by atoms with Crippen LogP contribution in [-0.4, -0.2) is 34.4 Å². The lowest BCUT2D eigenvalue weighted by molar-refractivity contribution is -0.385. The smallest absolute Gasteiger partial charge is 0.435 e. The summed E-state index contributed by atoms with van der Waals surface area (Å²) in [4.78, 5) is 12.6. The van der Waals surface area contributed by atoms with Crippen molar-refractivity contribution in [2.24, 2.45) is 0 Å². The van der Waals surface area contributed by atoms with Crippen molar-refractivity contribution in [2.75, 3.05) is 24.6 Å². The number of alkyl halides is 3. The average Bonchev–Trinajstić information content (AvgIpc) is 3.12. The summed E-state index contributed by atoms with van der Waals surface area (Å²) in [6.07, 6.45) is -1.64. The van der Waals surface area contributed by atoms with E-state index in [4.69, 9.17) is 4.74 Å². The topological polar surface area (TPSA) is 73.4 Å². The van der Waals surface area contributed by atoms with Crippen molar-refractivity contribution in [3.05, 3.63) is 46.3 Å². The van der Waals surface area contributed by atoms with E-state index in [1.165, 1.54) is 16.9 Å². The Morgan fingerprint density at radius 2 is 2.15 bits per heavy atom. The van der Waals surface area contributed by atoms with Crippen molar-refractivity contribution in [3.8, 4) is 5.75 Å². The molecular formula is C17H19F3N4O3. The van der Waals surface area contributed by atoms with E-state index < -0.39 is 16.8 Å². The number of nitro benzene ring substituents is 1. The van der Waals surface area contributed by atoms with Crippen LogP contribution in [0.4, 0.5) is 24.5 Å². The lowest BCUT2D eigenvalue weighted by atomic mass is 10.0. The first-order valence-corrected chi connectivity index (χ1v) is 8.58. The number of ether oxygens (including phenoxy) is 1. The van der Waals surface area contributed by atoms with E-state index in [0.717, 1.165) is 18.2 Å². The highest BCUT2D eigenvalue weighted by molar-refractivity contribution is 5.59. The molecule has 0 radical (unpaired) electrons. The Morgan fingerprint density at radius 1 is 1.37 bits per heavy atom. The molecule has 0 saturated carbocycles. The van der Waals surface area contributed by atoms with Gasteiger partial charge in [0, 0.05) is 37.1 Å². The van der Waals surface area contributed by atoms with Crippen LogP contribution in [0.3, 0.4) is 0 Å². The van der Waals surface area contributed by atoms with Crippen LogP contribution in [0, 0.1) is 10.1 Å². The molecule has 1 unspecified atom stereocenters. The number of anilines is 1. The molecule has 3 rings (SSSR count). The Labute approximate surface area is 153 Å². The van der Waals surface area contributed by atoms with Gasteiger partial charge in [0.15, 0.2) is 11.4 Å². The summed E-state index contributed by atoms with van der Waals surface area (Å²) < 4.78 is 45.0. The molecule has 7 nitrogen and oxygen atoms in total. The van der Waals surface area contributed by atoms with E-state index in [9.17, 15) is 23.3 Å². The summed E-state index contributed by atoms with van der Waals surface area (Å²) in [5.74, 6) is 0.181. The van der Waals surface area contributed by atoms with Crippen LogP contribution in [0.15, 0.2) is 30.5 Å². The Hall–Kier alpha value is -2.78. The maximum Gasteiger partial charge on any atom is 0.435 e. The van der Waals surface area contributed by atoms with E-state index in [1.807, 2.05) is 4.90 Å². The van der Waals surface area contributed by atoms with Gasteiger partial charge in [-0.3, -0.25) is 14.8 Å². The van der Waals surface area contributed by atoms with Gasteiger partial charge in [-0.15, -0.1) is 0 Å². The van der Waals surface area contributed by atoms with Crippen LogP contribution in [0.25, 0.3) is 0 Å². The SMILES string of the molecule is CCOc1cc(N2CCCC(n3ccc(C(F)(F)F)n3)C2)ccc1[N+](=O)[O-]. The molecule has 146 valence electrons. The molecule has 2 heterocycles. The maximum atomic E-state index is 12.8. The lowest BCUT2D eigenvalue weighted by Gasteiger charge is -2.34. The van der Waals surface area contributed by atoms with Gasteiger partial charge in [-0.25, -0.2) is 0 Å². The van der Waals surface area contributed by atoms with Crippen molar-refractivity contribution in [2.45, 2.75) is 32.0 Å². The van der Waals surface area contributed by atoms with E-state index in [0.29, 0.717) is 26.1 Å². The fourth-order valence-corrected chi connectivity index (χ4v) is 3.22. The number of hydrogen-bond donors (Lipinski definition) is 0. The van der Waals surface area contributed by atoms with Crippen LogP contribution in [0.1, 0.15) is 31.5 Å². The zero-order valence-corrected chi connectivity index (χ0v) is 14.6. The summed E-state index contributed by atoms with van der Waals surface area (Å²) in [5, 5.41) is 14.8. The molecule has 0 bridgehead atoms. The van der Waals surface area contributed by atoms with Gasteiger partial charge in [0.05, 0.1) is 17.6 Å². The summed E-state index contributed by atoms with van der Waals surface area (Å²) in [6.45, 7) is 3.19. The molecule has 10 heteroatoms. The van der Waals surface area contributed by atoms with Crippen LogP contribution in [-0.2, 0) is 6.18 Å². The Balaban J connectivity index is 1.81.